The molecule has 4 aromatic carbocycles. The molecule has 0 aliphatic carbocycles. The highest BCUT2D eigenvalue weighted by Gasteiger charge is 2.54. The second-order valence-corrected chi connectivity index (χ2v) is 8.74. The largest absolute Gasteiger partial charge is 0.456 e. The Hall–Kier alpha value is -4.25. The average Bonchev–Trinajstić information content (AvgIpc) is 3.18. The summed E-state index contributed by atoms with van der Waals surface area (Å²) in [5, 5.41) is 3.49. The molecule has 0 saturated carbocycles. The third-order valence-corrected chi connectivity index (χ3v) is 6.89. The molecule has 5 nitrogen and oxygen atoms in total. The number of ether oxygens (including phenoxy) is 2. The van der Waals surface area contributed by atoms with Crippen molar-refractivity contribution in [3.8, 4) is 11.5 Å². The van der Waals surface area contributed by atoms with E-state index in [0.29, 0.717) is 17.1 Å². The van der Waals surface area contributed by atoms with Gasteiger partial charge in [-0.3, -0.25) is 0 Å². The Kier molecular flexibility index (Phi) is 4.99. The van der Waals surface area contributed by atoms with Crippen LogP contribution in [0, 0.1) is 0 Å². The normalized spacial score (nSPS) is 14.4. The summed E-state index contributed by atoms with van der Waals surface area (Å²) >= 11 is 0. The first-order valence-corrected chi connectivity index (χ1v) is 12.0. The zero-order chi connectivity index (χ0) is 24.0. The maximum Gasteiger partial charge on any atom is 0.342 e. The van der Waals surface area contributed by atoms with Crippen LogP contribution in [0.5, 0.6) is 11.5 Å². The van der Waals surface area contributed by atoms with Gasteiger partial charge in [-0.15, -0.1) is 0 Å². The monoisotopic (exact) mass is 462 g/mol. The number of hydrogen-bond donors (Lipinski definition) is 1. The standard InChI is InChI=1S/C30H26N2O3/c1-3-32(4-2)21-18-24-28(25(19-21)31-20-12-6-5-7-13-20)29(33)35-30(24)22-14-8-10-16-26(22)34-27-17-11-9-15-23(27)30/h5-19,31H,3-4H2,1-2H3. The zero-order valence-electron chi connectivity index (χ0n) is 19.7. The number of hydrogen-bond acceptors (Lipinski definition) is 5. The topological polar surface area (TPSA) is 50.8 Å². The Morgan fingerprint density at radius 3 is 2.00 bits per heavy atom. The van der Waals surface area contributed by atoms with E-state index in [-0.39, 0.29) is 5.97 Å². The summed E-state index contributed by atoms with van der Waals surface area (Å²) in [4.78, 5) is 16.0. The number of carbonyl (C=O) groups excluding carboxylic acids is 1. The molecular formula is C30H26N2O3. The fraction of sp³-hybridized carbons (Fsp3) is 0.167. The van der Waals surface area contributed by atoms with Crippen LogP contribution in [0.15, 0.2) is 91.0 Å². The molecule has 35 heavy (non-hydrogen) atoms. The van der Waals surface area contributed by atoms with Crippen molar-refractivity contribution in [3.63, 3.8) is 0 Å². The summed E-state index contributed by atoms with van der Waals surface area (Å²) in [7, 11) is 0. The van der Waals surface area contributed by atoms with E-state index in [0.717, 1.165) is 46.8 Å². The summed E-state index contributed by atoms with van der Waals surface area (Å²) in [6.07, 6.45) is 0. The Morgan fingerprint density at radius 1 is 0.771 bits per heavy atom. The average molecular weight is 463 g/mol. The first-order chi connectivity index (χ1) is 17.2. The van der Waals surface area contributed by atoms with Crippen LogP contribution in [0.25, 0.3) is 0 Å². The second kappa shape index (κ2) is 8.20. The fourth-order valence-corrected chi connectivity index (χ4v) is 5.27. The number of para-hydroxylation sites is 3. The molecule has 5 heteroatoms. The Balaban J connectivity index is 1.66. The highest BCUT2D eigenvalue weighted by atomic mass is 16.6. The molecule has 0 atom stereocenters. The van der Waals surface area contributed by atoms with E-state index in [2.05, 4.69) is 36.2 Å². The van der Waals surface area contributed by atoms with Crippen molar-refractivity contribution in [1.82, 2.24) is 0 Å². The molecule has 0 fully saturated rings. The van der Waals surface area contributed by atoms with Crippen molar-refractivity contribution in [1.29, 1.82) is 0 Å². The third-order valence-electron chi connectivity index (χ3n) is 6.89. The maximum atomic E-state index is 13.7. The van der Waals surface area contributed by atoms with Crippen LogP contribution in [-0.2, 0) is 10.3 Å². The van der Waals surface area contributed by atoms with Gasteiger partial charge in [0.2, 0.25) is 0 Å². The number of anilines is 3. The van der Waals surface area contributed by atoms with Crippen LogP contribution in [0.2, 0.25) is 0 Å². The first kappa shape index (κ1) is 21.3. The number of fused-ring (bicyclic) bond motifs is 6. The molecular weight excluding hydrogens is 436 g/mol. The van der Waals surface area contributed by atoms with Crippen molar-refractivity contribution in [2.24, 2.45) is 0 Å². The number of carbonyl (C=O) groups is 1. The van der Waals surface area contributed by atoms with Gasteiger partial charge < -0.3 is 19.7 Å². The van der Waals surface area contributed by atoms with Gasteiger partial charge in [0.25, 0.3) is 0 Å². The maximum absolute atomic E-state index is 13.7. The molecule has 0 amide bonds. The Labute approximate surface area is 204 Å². The molecule has 0 aromatic heterocycles. The second-order valence-electron chi connectivity index (χ2n) is 8.74. The Bertz CT molecular complexity index is 1380. The minimum atomic E-state index is -1.09. The minimum absolute atomic E-state index is 0.351. The van der Waals surface area contributed by atoms with Crippen molar-refractivity contribution in [2.75, 3.05) is 23.3 Å². The quantitative estimate of drug-likeness (QED) is 0.329. The van der Waals surface area contributed by atoms with Gasteiger partial charge in [0.1, 0.15) is 11.5 Å². The minimum Gasteiger partial charge on any atom is -0.456 e. The van der Waals surface area contributed by atoms with Crippen LogP contribution in [-0.4, -0.2) is 19.1 Å². The third kappa shape index (κ3) is 3.19. The molecule has 1 spiro atoms. The van der Waals surface area contributed by atoms with Gasteiger partial charge in [0.05, 0.1) is 11.3 Å². The van der Waals surface area contributed by atoms with Gasteiger partial charge in [0.15, 0.2) is 5.60 Å². The molecule has 0 radical (unpaired) electrons. The number of nitrogens with zero attached hydrogens (tertiary/aromatic N) is 1. The molecule has 2 aliphatic rings. The van der Waals surface area contributed by atoms with E-state index in [1.807, 2.05) is 78.9 Å². The number of rotatable bonds is 5. The van der Waals surface area contributed by atoms with Gasteiger partial charge in [-0.05, 0) is 50.2 Å². The van der Waals surface area contributed by atoms with E-state index in [1.165, 1.54) is 0 Å². The van der Waals surface area contributed by atoms with Crippen LogP contribution in [0.3, 0.4) is 0 Å². The lowest BCUT2D eigenvalue weighted by atomic mass is 9.77. The molecule has 2 heterocycles. The lowest BCUT2D eigenvalue weighted by Gasteiger charge is -2.36. The predicted molar refractivity (Wildman–Crippen MR) is 138 cm³/mol. The summed E-state index contributed by atoms with van der Waals surface area (Å²) < 4.78 is 12.7. The van der Waals surface area contributed by atoms with E-state index < -0.39 is 5.60 Å². The van der Waals surface area contributed by atoms with Gasteiger partial charge in [-0.1, -0.05) is 54.6 Å². The summed E-state index contributed by atoms with van der Waals surface area (Å²) in [5.41, 5.74) is 4.62. The van der Waals surface area contributed by atoms with Gasteiger partial charge in [0, 0.05) is 41.2 Å². The zero-order valence-corrected chi connectivity index (χ0v) is 19.7. The van der Waals surface area contributed by atoms with Crippen LogP contribution >= 0.6 is 0 Å². The summed E-state index contributed by atoms with van der Waals surface area (Å²) in [6, 6.07) is 29.7. The first-order valence-electron chi connectivity index (χ1n) is 12.0. The number of esters is 1. The van der Waals surface area contributed by atoms with E-state index in [4.69, 9.17) is 9.47 Å². The highest BCUT2D eigenvalue weighted by molar-refractivity contribution is 6.04. The van der Waals surface area contributed by atoms with Crippen molar-refractivity contribution < 1.29 is 14.3 Å². The molecule has 2 aliphatic heterocycles. The lowest BCUT2D eigenvalue weighted by molar-refractivity contribution is 0.0225. The van der Waals surface area contributed by atoms with Gasteiger partial charge >= 0.3 is 5.97 Å². The smallest absolute Gasteiger partial charge is 0.342 e. The van der Waals surface area contributed by atoms with Crippen LogP contribution in [0.4, 0.5) is 17.1 Å². The van der Waals surface area contributed by atoms with Gasteiger partial charge in [-0.25, -0.2) is 4.79 Å². The van der Waals surface area contributed by atoms with Crippen LogP contribution in [0.1, 0.15) is 40.9 Å². The molecule has 174 valence electrons. The van der Waals surface area contributed by atoms with Crippen molar-refractivity contribution in [2.45, 2.75) is 19.4 Å². The molecule has 1 N–H and O–H groups in total. The van der Waals surface area contributed by atoms with E-state index >= 15 is 0 Å². The lowest BCUT2D eigenvalue weighted by Crippen LogP contribution is -2.33. The molecule has 0 bridgehead atoms. The number of benzene rings is 4. The molecule has 6 rings (SSSR count). The van der Waals surface area contributed by atoms with Crippen molar-refractivity contribution >= 4 is 23.0 Å². The molecule has 0 unspecified atom stereocenters. The Morgan fingerprint density at radius 2 is 1.37 bits per heavy atom. The molecule has 4 aromatic rings. The van der Waals surface area contributed by atoms with Gasteiger partial charge in [-0.2, -0.15) is 0 Å². The van der Waals surface area contributed by atoms with Crippen molar-refractivity contribution in [3.05, 3.63) is 113 Å². The summed E-state index contributed by atoms with van der Waals surface area (Å²) in [5.74, 6) is 1.03. The van der Waals surface area contributed by atoms with E-state index in [1.54, 1.807) is 0 Å². The van der Waals surface area contributed by atoms with Crippen LogP contribution < -0.4 is 15.0 Å². The predicted octanol–water partition coefficient (Wildman–Crippen LogP) is 6.84. The molecule has 0 saturated heterocycles. The number of nitrogens with one attached hydrogen (secondary N) is 1. The fourth-order valence-electron chi connectivity index (χ4n) is 5.27. The summed E-state index contributed by atoms with van der Waals surface area (Å²) in [6.45, 7) is 5.96. The van der Waals surface area contributed by atoms with E-state index in [9.17, 15) is 4.79 Å². The SMILES string of the molecule is CCN(CC)c1cc(Nc2ccccc2)c2c(c1)C1(OC2=O)c2ccccc2Oc2ccccc21. The highest BCUT2D eigenvalue weighted by Crippen LogP contribution is 2.57.